The Morgan fingerprint density at radius 2 is 1.96 bits per heavy atom. The fraction of sp³-hybridized carbons (Fsp3) is 0.529. The van der Waals surface area contributed by atoms with Crippen LogP contribution in [0.5, 0.6) is 0 Å². The van der Waals surface area contributed by atoms with Crippen LogP contribution in [0.15, 0.2) is 18.2 Å². The number of esters is 1. The van der Waals surface area contributed by atoms with E-state index in [1.807, 2.05) is 4.90 Å². The molecule has 1 heterocycles. The Balaban J connectivity index is 2.24. The maximum absolute atomic E-state index is 12.0. The van der Waals surface area contributed by atoms with Gasteiger partial charge in [0.25, 0.3) is 11.6 Å². The minimum Gasteiger partial charge on any atom is -0.452 e. The van der Waals surface area contributed by atoms with Gasteiger partial charge < -0.3 is 15.0 Å². The first-order chi connectivity index (χ1) is 11.8. The molecule has 8 nitrogen and oxygen atoms in total. The zero-order chi connectivity index (χ0) is 18.6. The third kappa shape index (κ3) is 4.68. The normalized spacial score (nSPS) is 20.0. The molecule has 2 rings (SSSR count). The minimum absolute atomic E-state index is 0.0532. The van der Waals surface area contributed by atoms with E-state index in [1.165, 1.54) is 19.2 Å². The Morgan fingerprint density at radius 3 is 2.52 bits per heavy atom. The minimum atomic E-state index is -0.765. The molecule has 0 aromatic heterocycles. The van der Waals surface area contributed by atoms with E-state index in [1.54, 1.807) is 6.07 Å². The number of benzene rings is 1. The summed E-state index contributed by atoms with van der Waals surface area (Å²) >= 11 is 0. The Morgan fingerprint density at radius 1 is 1.32 bits per heavy atom. The van der Waals surface area contributed by atoms with Crippen LogP contribution in [0.1, 0.15) is 30.6 Å². The molecule has 0 saturated carbocycles. The SMILES string of the molecule is CNC(=O)COC(=O)c1ccc(N2CC(C)CC(C)C2)c([N+](=O)[O-])c1. The standard InChI is InChI=1S/C17H23N3O5/c1-11-6-12(2)9-19(8-11)14-5-4-13(7-15(14)20(23)24)17(22)25-10-16(21)18-3/h4-5,7,11-12H,6,8-10H2,1-3H3,(H,18,21). The van der Waals surface area contributed by atoms with Gasteiger partial charge in [0.15, 0.2) is 6.61 Å². The highest BCUT2D eigenvalue weighted by molar-refractivity contribution is 5.93. The quantitative estimate of drug-likeness (QED) is 0.495. The number of nitro benzene ring substituents is 1. The number of nitrogens with one attached hydrogen (secondary N) is 1. The largest absolute Gasteiger partial charge is 0.452 e. The van der Waals surface area contributed by atoms with Crippen molar-refractivity contribution in [2.24, 2.45) is 11.8 Å². The number of nitro groups is 1. The summed E-state index contributed by atoms with van der Waals surface area (Å²) < 4.78 is 4.85. The molecule has 1 saturated heterocycles. The molecule has 0 radical (unpaired) electrons. The van der Waals surface area contributed by atoms with Gasteiger partial charge in [-0.1, -0.05) is 13.8 Å². The van der Waals surface area contributed by atoms with Crippen LogP contribution in [-0.2, 0) is 9.53 Å². The van der Waals surface area contributed by atoms with Gasteiger partial charge in [0.05, 0.1) is 10.5 Å². The fourth-order valence-electron chi connectivity index (χ4n) is 3.21. The summed E-state index contributed by atoms with van der Waals surface area (Å²) in [5.74, 6) is -0.324. The monoisotopic (exact) mass is 349 g/mol. The van der Waals surface area contributed by atoms with E-state index in [9.17, 15) is 19.7 Å². The number of piperidine rings is 1. The number of carbonyl (C=O) groups excluding carboxylic acids is 2. The van der Waals surface area contributed by atoms with E-state index < -0.39 is 23.4 Å². The number of hydrogen-bond acceptors (Lipinski definition) is 6. The molecular formula is C17H23N3O5. The second kappa shape index (κ2) is 7.96. The summed E-state index contributed by atoms with van der Waals surface area (Å²) in [6, 6.07) is 4.29. The van der Waals surface area contributed by atoms with Crippen molar-refractivity contribution in [3.63, 3.8) is 0 Å². The average molecular weight is 349 g/mol. The average Bonchev–Trinajstić information content (AvgIpc) is 2.57. The number of ether oxygens (including phenoxy) is 1. The van der Waals surface area contributed by atoms with E-state index in [2.05, 4.69) is 19.2 Å². The van der Waals surface area contributed by atoms with Gasteiger partial charge in [0.1, 0.15) is 5.69 Å². The van der Waals surface area contributed by atoms with Gasteiger partial charge in [-0.15, -0.1) is 0 Å². The van der Waals surface area contributed by atoms with Gasteiger partial charge in [-0.2, -0.15) is 0 Å². The molecular weight excluding hydrogens is 326 g/mol. The van der Waals surface area contributed by atoms with Crippen LogP contribution in [0, 0.1) is 22.0 Å². The summed E-state index contributed by atoms with van der Waals surface area (Å²) in [6.07, 6.45) is 1.09. The summed E-state index contributed by atoms with van der Waals surface area (Å²) in [6.45, 7) is 5.31. The highest BCUT2D eigenvalue weighted by atomic mass is 16.6. The number of carbonyl (C=O) groups is 2. The van der Waals surface area contributed by atoms with Crippen molar-refractivity contribution in [1.82, 2.24) is 5.32 Å². The van der Waals surface area contributed by atoms with Gasteiger partial charge in [0, 0.05) is 26.2 Å². The summed E-state index contributed by atoms with van der Waals surface area (Å²) in [5.41, 5.74) is 0.430. The van der Waals surface area contributed by atoms with E-state index in [0.29, 0.717) is 17.5 Å². The van der Waals surface area contributed by atoms with Crippen molar-refractivity contribution in [2.45, 2.75) is 20.3 Å². The number of likely N-dealkylation sites (N-methyl/N-ethyl adjacent to an activating group) is 1. The van der Waals surface area contributed by atoms with Crippen molar-refractivity contribution in [2.75, 3.05) is 31.6 Å². The van der Waals surface area contributed by atoms with Gasteiger partial charge in [-0.25, -0.2) is 4.79 Å². The molecule has 0 bridgehead atoms. The molecule has 2 unspecified atom stereocenters. The molecule has 25 heavy (non-hydrogen) atoms. The number of rotatable bonds is 5. The predicted octanol–water partition coefficient (Wildman–Crippen LogP) is 1.98. The second-order valence-corrected chi connectivity index (χ2v) is 6.56. The molecule has 1 aliphatic rings. The maximum atomic E-state index is 12.0. The van der Waals surface area contributed by atoms with Crippen LogP contribution in [0.25, 0.3) is 0 Å². The summed E-state index contributed by atoms with van der Waals surface area (Å²) in [7, 11) is 1.43. The maximum Gasteiger partial charge on any atom is 0.338 e. The lowest BCUT2D eigenvalue weighted by Crippen LogP contribution is -2.39. The molecule has 2 atom stereocenters. The highest BCUT2D eigenvalue weighted by Gasteiger charge is 2.28. The lowest BCUT2D eigenvalue weighted by molar-refractivity contribution is -0.384. The molecule has 0 aliphatic carbocycles. The first-order valence-corrected chi connectivity index (χ1v) is 8.23. The molecule has 1 aromatic rings. The molecule has 8 heteroatoms. The zero-order valence-corrected chi connectivity index (χ0v) is 14.7. The van der Waals surface area contributed by atoms with Crippen molar-refractivity contribution in [1.29, 1.82) is 0 Å². The number of anilines is 1. The van der Waals surface area contributed by atoms with E-state index in [-0.39, 0.29) is 11.3 Å². The zero-order valence-electron chi connectivity index (χ0n) is 14.7. The van der Waals surface area contributed by atoms with Crippen LogP contribution in [0.4, 0.5) is 11.4 Å². The van der Waals surface area contributed by atoms with Gasteiger partial charge >= 0.3 is 5.97 Å². The van der Waals surface area contributed by atoms with Gasteiger partial charge in [0.2, 0.25) is 0 Å². The second-order valence-electron chi connectivity index (χ2n) is 6.56. The number of nitrogens with zero attached hydrogens (tertiary/aromatic N) is 2. The van der Waals surface area contributed by atoms with Crippen molar-refractivity contribution >= 4 is 23.3 Å². The van der Waals surface area contributed by atoms with Gasteiger partial charge in [-0.05, 0) is 30.4 Å². The predicted molar refractivity (Wildman–Crippen MR) is 92.6 cm³/mol. The molecule has 1 N–H and O–H groups in total. The Bertz CT molecular complexity index is 666. The molecule has 1 fully saturated rings. The highest BCUT2D eigenvalue weighted by Crippen LogP contribution is 2.33. The van der Waals surface area contributed by atoms with Gasteiger partial charge in [-0.3, -0.25) is 14.9 Å². The lowest BCUT2D eigenvalue weighted by atomic mass is 9.91. The molecule has 0 spiro atoms. The molecule has 136 valence electrons. The van der Waals surface area contributed by atoms with Crippen molar-refractivity contribution in [3.05, 3.63) is 33.9 Å². The third-order valence-corrected chi connectivity index (χ3v) is 4.23. The van der Waals surface area contributed by atoms with Crippen LogP contribution in [0.3, 0.4) is 0 Å². The van der Waals surface area contributed by atoms with Crippen LogP contribution in [0.2, 0.25) is 0 Å². The topological polar surface area (TPSA) is 102 Å². The van der Waals surface area contributed by atoms with Crippen LogP contribution < -0.4 is 10.2 Å². The van der Waals surface area contributed by atoms with E-state index in [0.717, 1.165) is 19.5 Å². The molecule has 1 aromatic carbocycles. The Labute approximate surface area is 146 Å². The summed E-state index contributed by atoms with van der Waals surface area (Å²) in [4.78, 5) is 36.1. The number of hydrogen-bond donors (Lipinski definition) is 1. The lowest BCUT2D eigenvalue weighted by Gasteiger charge is -2.36. The number of amides is 1. The molecule has 1 aliphatic heterocycles. The Hall–Kier alpha value is -2.64. The summed E-state index contributed by atoms with van der Waals surface area (Å²) in [5, 5.41) is 13.8. The Kier molecular flexibility index (Phi) is 5.95. The van der Waals surface area contributed by atoms with E-state index in [4.69, 9.17) is 4.74 Å². The first kappa shape index (κ1) is 18.7. The first-order valence-electron chi connectivity index (χ1n) is 8.23. The molecule has 1 amide bonds. The van der Waals surface area contributed by atoms with Crippen LogP contribution >= 0.6 is 0 Å². The van der Waals surface area contributed by atoms with E-state index >= 15 is 0 Å². The van der Waals surface area contributed by atoms with Crippen molar-refractivity contribution < 1.29 is 19.2 Å². The smallest absolute Gasteiger partial charge is 0.338 e. The fourth-order valence-corrected chi connectivity index (χ4v) is 3.21. The third-order valence-electron chi connectivity index (χ3n) is 4.23. The van der Waals surface area contributed by atoms with Crippen molar-refractivity contribution in [3.8, 4) is 0 Å². The van der Waals surface area contributed by atoms with Crippen LogP contribution in [-0.4, -0.2) is 43.5 Å².